The Hall–Kier alpha value is -1.31. The van der Waals surface area contributed by atoms with Gasteiger partial charge in [-0.25, -0.2) is 0 Å². The summed E-state index contributed by atoms with van der Waals surface area (Å²) in [5.74, 6) is 0.329. The average Bonchev–Trinajstić information content (AvgIpc) is 2.59. The predicted molar refractivity (Wildman–Crippen MR) is 64.6 cm³/mol. The number of benzene rings is 1. The maximum absolute atomic E-state index is 12.1. The molecule has 0 aliphatic carbocycles. The van der Waals surface area contributed by atoms with Crippen LogP contribution in [-0.2, 0) is 17.6 Å². The number of hydrogen-bond acceptors (Lipinski definition) is 1. The van der Waals surface area contributed by atoms with Gasteiger partial charge in [0.05, 0.1) is 5.69 Å². The van der Waals surface area contributed by atoms with E-state index < -0.39 is 0 Å². The summed E-state index contributed by atoms with van der Waals surface area (Å²) in [5, 5.41) is 0. The molecule has 2 aliphatic heterocycles. The Kier molecular flexibility index (Phi) is 2.23. The standard InChI is InChI=1S/C14H17NO/c1-2-12-9-11-7-3-5-10-6-4-8-13(16)15(12)14(10)11/h3,5,7,12H,2,4,6,8-9H2,1H3/t12-/m1/s1. The Balaban J connectivity index is 2.16. The first-order valence-corrected chi connectivity index (χ1v) is 6.24. The van der Waals surface area contributed by atoms with Gasteiger partial charge >= 0.3 is 0 Å². The van der Waals surface area contributed by atoms with Crippen molar-refractivity contribution in [3.63, 3.8) is 0 Å². The van der Waals surface area contributed by atoms with Crippen molar-refractivity contribution in [2.75, 3.05) is 4.90 Å². The third-order valence-electron chi connectivity index (χ3n) is 3.84. The summed E-state index contributed by atoms with van der Waals surface area (Å²) in [6.45, 7) is 2.17. The van der Waals surface area contributed by atoms with E-state index in [4.69, 9.17) is 0 Å². The minimum absolute atomic E-state index is 0.329. The third-order valence-corrected chi connectivity index (χ3v) is 3.84. The Labute approximate surface area is 96.3 Å². The summed E-state index contributed by atoms with van der Waals surface area (Å²) in [4.78, 5) is 14.2. The molecule has 3 rings (SSSR count). The molecule has 0 unspecified atom stereocenters. The molecule has 16 heavy (non-hydrogen) atoms. The van der Waals surface area contributed by atoms with Crippen molar-refractivity contribution in [1.29, 1.82) is 0 Å². The number of hydrogen-bond donors (Lipinski definition) is 0. The molecule has 0 saturated heterocycles. The van der Waals surface area contributed by atoms with Crippen LogP contribution in [0, 0.1) is 0 Å². The Morgan fingerprint density at radius 3 is 2.94 bits per heavy atom. The predicted octanol–water partition coefficient (Wildman–Crippen LogP) is 2.69. The van der Waals surface area contributed by atoms with Crippen LogP contribution in [0.25, 0.3) is 0 Å². The molecule has 2 heterocycles. The molecule has 1 aromatic carbocycles. The van der Waals surface area contributed by atoms with E-state index in [0.717, 1.165) is 25.7 Å². The lowest BCUT2D eigenvalue weighted by atomic mass is 10.0. The summed E-state index contributed by atoms with van der Waals surface area (Å²) in [6.07, 6.45) is 4.87. The number of carbonyl (C=O) groups is 1. The summed E-state index contributed by atoms with van der Waals surface area (Å²) in [7, 11) is 0. The highest BCUT2D eigenvalue weighted by Crippen LogP contribution is 2.39. The molecule has 0 fully saturated rings. The highest BCUT2D eigenvalue weighted by atomic mass is 16.2. The van der Waals surface area contributed by atoms with Crippen molar-refractivity contribution in [3.8, 4) is 0 Å². The van der Waals surface area contributed by atoms with Crippen molar-refractivity contribution >= 4 is 11.6 Å². The van der Waals surface area contributed by atoms with Crippen LogP contribution < -0.4 is 4.90 Å². The van der Waals surface area contributed by atoms with Gasteiger partial charge in [-0.05, 0) is 36.8 Å². The van der Waals surface area contributed by atoms with E-state index in [9.17, 15) is 4.79 Å². The zero-order chi connectivity index (χ0) is 11.1. The minimum atomic E-state index is 0.329. The van der Waals surface area contributed by atoms with Gasteiger partial charge in [-0.15, -0.1) is 0 Å². The van der Waals surface area contributed by atoms with Gasteiger partial charge in [0, 0.05) is 12.5 Å². The molecule has 0 aromatic heterocycles. The van der Waals surface area contributed by atoms with Crippen LogP contribution in [0.1, 0.15) is 37.3 Å². The lowest BCUT2D eigenvalue weighted by molar-refractivity contribution is -0.118. The second kappa shape index (κ2) is 3.62. The summed E-state index contributed by atoms with van der Waals surface area (Å²) < 4.78 is 0. The molecule has 1 aromatic rings. The van der Waals surface area contributed by atoms with Crippen molar-refractivity contribution in [2.45, 2.75) is 45.1 Å². The number of carbonyl (C=O) groups excluding carboxylic acids is 1. The second-order valence-corrected chi connectivity index (χ2v) is 4.81. The first-order chi connectivity index (χ1) is 7.81. The van der Waals surface area contributed by atoms with Crippen LogP contribution >= 0.6 is 0 Å². The summed E-state index contributed by atoms with van der Waals surface area (Å²) in [5.41, 5.74) is 4.00. The van der Waals surface area contributed by atoms with Crippen molar-refractivity contribution in [1.82, 2.24) is 0 Å². The maximum Gasteiger partial charge on any atom is 0.227 e. The van der Waals surface area contributed by atoms with Gasteiger partial charge < -0.3 is 4.90 Å². The molecule has 84 valence electrons. The van der Waals surface area contributed by atoms with Gasteiger partial charge in [0.1, 0.15) is 0 Å². The largest absolute Gasteiger partial charge is 0.308 e. The van der Waals surface area contributed by atoms with Crippen LogP contribution in [0.15, 0.2) is 18.2 Å². The smallest absolute Gasteiger partial charge is 0.227 e. The zero-order valence-electron chi connectivity index (χ0n) is 9.70. The molecular weight excluding hydrogens is 198 g/mol. The van der Waals surface area contributed by atoms with E-state index in [1.54, 1.807) is 0 Å². The molecule has 0 saturated carbocycles. The molecule has 1 amide bonds. The van der Waals surface area contributed by atoms with Crippen molar-refractivity contribution in [2.24, 2.45) is 0 Å². The van der Waals surface area contributed by atoms with Gasteiger partial charge in [0.2, 0.25) is 5.91 Å². The SMILES string of the molecule is CC[C@@H]1Cc2cccc3c2N1C(=O)CCC3. The number of aryl methyl sites for hydroxylation is 1. The Bertz CT molecular complexity index is 438. The van der Waals surface area contributed by atoms with E-state index >= 15 is 0 Å². The van der Waals surface area contributed by atoms with Crippen LogP contribution in [0.4, 0.5) is 5.69 Å². The molecule has 0 bridgehead atoms. The quantitative estimate of drug-likeness (QED) is 0.705. The number of para-hydroxylation sites is 1. The maximum atomic E-state index is 12.1. The van der Waals surface area contributed by atoms with E-state index in [1.807, 2.05) is 0 Å². The van der Waals surface area contributed by atoms with E-state index in [0.29, 0.717) is 18.4 Å². The first-order valence-electron chi connectivity index (χ1n) is 6.24. The third kappa shape index (κ3) is 1.29. The lowest BCUT2D eigenvalue weighted by Crippen LogP contribution is -2.36. The molecule has 0 spiro atoms. The highest BCUT2D eigenvalue weighted by molar-refractivity contribution is 5.97. The fourth-order valence-corrected chi connectivity index (χ4v) is 3.05. The molecule has 0 radical (unpaired) electrons. The van der Waals surface area contributed by atoms with Gasteiger partial charge in [0.15, 0.2) is 0 Å². The van der Waals surface area contributed by atoms with Crippen LogP contribution in [0.5, 0.6) is 0 Å². The minimum Gasteiger partial charge on any atom is -0.308 e. The van der Waals surface area contributed by atoms with E-state index in [1.165, 1.54) is 16.8 Å². The monoisotopic (exact) mass is 215 g/mol. The van der Waals surface area contributed by atoms with E-state index in [2.05, 4.69) is 30.0 Å². The summed E-state index contributed by atoms with van der Waals surface area (Å²) >= 11 is 0. The Morgan fingerprint density at radius 2 is 2.12 bits per heavy atom. The van der Waals surface area contributed by atoms with Crippen LogP contribution in [-0.4, -0.2) is 11.9 Å². The van der Waals surface area contributed by atoms with Gasteiger partial charge in [-0.1, -0.05) is 25.1 Å². The number of nitrogens with zero attached hydrogens (tertiary/aromatic N) is 1. The van der Waals surface area contributed by atoms with Crippen LogP contribution in [0.2, 0.25) is 0 Å². The van der Waals surface area contributed by atoms with Crippen molar-refractivity contribution < 1.29 is 4.79 Å². The second-order valence-electron chi connectivity index (χ2n) is 4.81. The normalized spacial score (nSPS) is 23.2. The average molecular weight is 215 g/mol. The van der Waals surface area contributed by atoms with E-state index in [-0.39, 0.29) is 0 Å². The molecular formula is C14H17NO. The molecule has 2 aliphatic rings. The molecule has 2 heteroatoms. The molecule has 0 N–H and O–H groups in total. The lowest BCUT2D eigenvalue weighted by Gasteiger charge is -2.24. The van der Waals surface area contributed by atoms with Crippen LogP contribution in [0.3, 0.4) is 0 Å². The fourth-order valence-electron chi connectivity index (χ4n) is 3.05. The Morgan fingerprint density at radius 1 is 1.31 bits per heavy atom. The fraction of sp³-hybridized carbons (Fsp3) is 0.500. The zero-order valence-corrected chi connectivity index (χ0v) is 9.70. The first kappa shape index (κ1) is 9.88. The number of rotatable bonds is 1. The molecule has 2 nitrogen and oxygen atoms in total. The number of anilines is 1. The molecule has 1 atom stereocenters. The topological polar surface area (TPSA) is 20.3 Å². The number of amides is 1. The van der Waals surface area contributed by atoms with Gasteiger partial charge in [-0.3, -0.25) is 4.79 Å². The van der Waals surface area contributed by atoms with Gasteiger partial charge in [-0.2, -0.15) is 0 Å². The summed E-state index contributed by atoms with van der Waals surface area (Å²) in [6, 6.07) is 6.91. The van der Waals surface area contributed by atoms with Gasteiger partial charge in [0.25, 0.3) is 0 Å². The highest BCUT2D eigenvalue weighted by Gasteiger charge is 2.35. The van der Waals surface area contributed by atoms with Crippen molar-refractivity contribution in [3.05, 3.63) is 29.3 Å².